The molecule has 0 N–H and O–H groups in total. The van der Waals surface area contributed by atoms with Gasteiger partial charge in [-0.15, -0.1) is 0 Å². The molecule has 1 saturated carbocycles. The van der Waals surface area contributed by atoms with Gasteiger partial charge in [0.25, 0.3) is 0 Å². The van der Waals surface area contributed by atoms with Crippen LogP contribution in [0.15, 0.2) is 48.7 Å². The zero-order chi connectivity index (χ0) is 18.0. The maximum absolute atomic E-state index is 13.3. The summed E-state index contributed by atoms with van der Waals surface area (Å²) >= 11 is 0. The molecule has 5 heteroatoms. The van der Waals surface area contributed by atoms with Crippen LogP contribution >= 0.6 is 0 Å². The number of pyridine rings is 1. The van der Waals surface area contributed by atoms with Crippen molar-refractivity contribution < 1.29 is 9.18 Å². The first-order valence-electron chi connectivity index (χ1n) is 9.35. The molecule has 0 spiro atoms. The Kier molecular flexibility index (Phi) is 4.72. The van der Waals surface area contributed by atoms with Crippen molar-refractivity contribution in [3.8, 4) is 0 Å². The van der Waals surface area contributed by atoms with Crippen molar-refractivity contribution >= 4 is 5.91 Å². The highest BCUT2D eigenvalue weighted by atomic mass is 19.1. The van der Waals surface area contributed by atoms with Gasteiger partial charge >= 0.3 is 0 Å². The topological polar surface area (TPSA) is 36.4 Å². The number of piperazine rings is 1. The Morgan fingerprint density at radius 3 is 2.35 bits per heavy atom. The minimum atomic E-state index is -0.434. The van der Waals surface area contributed by atoms with Gasteiger partial charge in [-0.05, 0) is 42.7 Å². The van der Waals surface area contributed by atoms with Crippen LogP contribution in [0.1, 0.15) is 30.5 Å². The molecule has 0 bridgehead atoms. The standard InChI is InChI=1S/C21H24FN3O/c22-18-7-5-17(6-8-18)21(9-3-10-21)20(26)25-14-12-24(13-15-25)16-19-4-1-2-11-23-19/h1-2,4-8,11H,3,9-10,12-16H2. The van der Waals surface area contributed by atoms with Gasteiger partial charge in [-0.25, -0.2) is 4.39 Å². The summed E-state index contributed by atoms with van der Waals surface area (Å²) in [5.74, 6) is -0.0355. The summed E-state index contributed by atoms with van der Waals surface area (Å²) < 4.78 is 13.3. The number of rotatable bonds is 4. The molecule has 1 aliphatic carbocycles. The monoisotopic (exact) mass is 353 g/mol. The summed E-state index contributed by atoms with van der Waals surface area (Å²) in [6.45, 7) is 4.04. The summed E-state index contributed by atoms with van der Waals surface area (Å²) in [4.78, 5) is 22.0. The van der Waals surface area contributed by atoms with E-state index < -0.39 is 5.41 Å². The van der Waals surface area contributed by atoms with E-state index in [1.54, 1.807) is 12.1 Å². The van der Waals surface area contributed by atoms with E-state index in [0.717, 1.165) is 63.2 Å². The Hall–Kier alpha value is -2.27. The van der Waals surface area contributed by atoms with Crippen molar-refractivity contribution in [1.82, 2.24) is 14.8 Å². The predicted molar refractivity (Wildman–Crippen MR) is 98.0 cm³/mol. The molecule has 1 aliphatic heterocycles. The number of amides is 1. The van der Waals surface area contributed by atoms with E-state index in [9.17, 15) is 9.18 Å². The van der Waals surface area contributed by atoms with Crippen molar-refractivity contribution in [3.05, 3.63) is 65.7 Å². The summed E-state index contributed by atoms with van der Waals surface area (Å²) in [6.07, 6.45) is 4.61. The Morgan fingerprint density at radius 1 is 1.04 bits per heavy atom. The van der Waals surface area contributed by atoms with Gasteiger partial charge < -0.3 is 4.90 Å². The normalized spacial score (nSPS) is 19.8. The van der Waals surface area contributed by atoms with Gasteiger partial charge in [-0.3, -0.25) is 14.7 Å². The van der Waals surface area contributed by atoms with Crippen LogP contribution in [0.25, 0.3) is 0 Å². The summed E-state index contributed by atoms with van der Waals surface area (Å²) in [7, 11) is 0. The van der Waals surface area contributed by atoms with Gasteiger partial charge in [0.05, 0.1) is 11.1 Å². The van der Waals surface area contributed by atoms with Crippen LogP contribution < -0.4 is 0 Å². The largest absolute Gasteiger partial charge is 0.339 e. The highest BCUT2D eigenvalue weighted by Gasteiger charge is 2.47. The first-order chi connectivity index (χ1) is 12.7. The Labute approximate surface area is 153 Å². The number of carbonyl (C=O) groups is 1. The van der Waals surface area contributed by atoms with Crippen LogP contribution in [-0.4, -0.2) is 46.9 Å². The maximum atomic E-state index is 13.3. The molecule has 1 aromatic heterocycles. The molecular formula is C21H24FN3O. The SMILES string of the molecule is O=C(N1CCN(Cc2ccccn2)CC1)C1(c2ccc(F)cc2)CCC1. The number of carbonyl (C=O) groups excluding carboxylic acids is 1. The Balaban J connectivity index is 1.40. The van der Waals surface area contributed by atoms with Crippen LogP contribution in [0.2, 0.25) is 0 Å². The van der Waals surface area contributed by atoms with Gasteiger partial charge in [0, 0.05) is 38.9 Å². The number of halogens is 1. The van der Waals surface area contributed by atoms with Gasteiger partial charge in [-0.1, -0.05) is 24.6 Å². The fraction of sp³-hybridized carbons (Fsp3) is 0.429. The highest BCUT2D eigenvalue weighted by Crippen LogP contribution is 2.45. The number of nitrogens with zero attached hydrogens (tertiary/aromatic N) is 3. The first-order valence-corrected chi connectivity index (χ1v) is 9.35. The first kappa shape index (κ1) is 17.2. The number of aromatic nitrogens is 1. The molecule has 4 nitrogen and oxygen atoms in total. The molecule has 0 atom stereocenters. The summed E-state index contributed by atoms with van der Waals surface area (Å²) in [5, 5.41) is 0. The highest BCUT2D eigenvalue weighted by molar-refractivity contribution is 5.89. The predicted octanol–water partition coefficient (Wildman–Crippen LogP) is 2.99. The molecule has 2 aromatic rings. The lowest BCUT2D eigenvalue weighted by Gasteiger charge is -2.46. The smallest absolute Gasteiger partial charge is 0.233 e. The van der Waals surface area contributed by atoms with E-state index in [1.807, 2.05) is 29.3 Å². The van der Waals surface area contributed by atoms with E-state index in [2.05, 4.69) is 9.88 Å². The molecular weight excluding hydrogens is 329 g/mol. The van der Waals surface area contributed by atoms with E-state index >= 15 is 0 Å². The average molecular weight is 353 g/mol. The zero-order valence-electron chi connectivity index (χ0n) is 14.9. The van der Waals surface area contributed by atoms with E-state index in [1.165, 1.54) is 12.1 Å². The summed E-state index contributed by atoms with van der Waals surface area (Å²) in [6, 6.07) is 12.5. The second-order valence-corrected chi connectivity index (χ2v) is 7.33. The van der Waals surface area contributed by atoms with Crippen molar-refractivity contribution in [2.75, 3.05) is 26.2 Å². The third-order valence-corrected chi connectivity index (χ3v) is 5.78. The fourth-order valence-corrected chi connectivity index (χ4v) is 4.06. The third-order valence-electron chi connectivity index (χ3n) is 5.78. The van der Waals surface area contributed by atoms with Crippen LogP contribution in [0.4, 0.5) is 4.39 Å². The van der Waals surface area contributed by atoms with Crippen LogP contribution in [-0.2, 0) is 16.8 Å². The third kappa shape index (κ3) is 3.23. The molecule has 2 aliphatic rings. The number of hydrogen-bond donors (Lipinski definition) is 0. The molecule has 26 heavy (non-hydrogen) atoms. The van der Waals surface area contributed by atoms with E-state index in [0.29, 0.717) is 0 Å². The Morgan fingerprint density at radius 2 is 1.77 bits per heavy atom. The van der Waals surface area contributed by atoms with Crippen LogP contribution in [0.5, 0.6) is 0 Å². The molecule has 136 valence electrons. The molecule has 0 unspecified atom stereocenters. The lowest BCUT2D eigenvalue weighted by molar-refractivity contribution is -0.142. The molecule has 1 saturated heterocycles. The zero-order valence-corrected chi connectivity index (χ0v) is 14.9. The number of hydrogen-bond acceptors (Lipinski definition) is 3. The molecule has 1 aromatic carbocycles. The maximum Gasteiger partial charge on any atom is 0.233 e. The van der Waals surface area contributed by atoms with Gasteiger partial charge in [0.1, 0.15) is 5.82 Å². The van der Waals surface area contributed by atoms with Crippen LogP contribution in [0, 0.1) is 5.82 Å². The average Bonchev–Trinajstić information content (AvgIpc) is 2.64. The molecule has 4 rings (SSSR count). The molecule has 2 fully saturated rings. The number of benzene rings is 1. The molecule has 1 amide bonds. The lowest BCUT2D eigenvalue weighted by Crippen LogP contribution is -2.56. The minimum Gasteiger partial charge on any atom is -0.339 e. The molecule has 0 radical (unpaired) electrons. The second kappa shape index (κ2) is 7.16. The minimum absolute atomic E-state index is 0.216. The fourth-order valence-electron chi connectivity index (χ4n) is 4.06. The van der Waals surface area contributed by atoms with Crippen LogP contribution in [0.3, 0.4) is 0 Å². The van der Waals surface area contributed by atoms with Crippen molar-refractivity contribution in [1.29, 1.82) is 0 Å². The van der Waals surface area contributed by atoms with E-state index in [-0.39, 0.29) is 11.7 Å². The van der Waals surface area contributed by atoms with Crippen molar-refractivity contribution in [2.45, 2.75) is 31.2 Å². The van der Waals surface area contributed by atoms with Crippen molar-refractivity contribution in [2.24, 2.45) is 0 Å². The van der Waals surface area contributed by atoms with Gasteiger partial charge in [-0.2, -0.15) is 0 Å². The second-order valence-electron chi connectivity index (χ2n) is 7.33. The summed E-state index contributed by atoms with van der Waals surface area (Å²) in [5.41, 5.74) is 1.59. The Bertz CT molecular complexity index is 751. The van der Waals surface area contributed by atoms with Gasteiger partial charge in [0.2, 0.25) is 5.91 Å². The van der Waals surface area contributed by atoms with E-state index in [4.69, 9.17) is 0 Å². The van der Waals surface area contributed by atoms with Gasteiger partial charge in [0.15, 0.2) is 0 Å². The lowest BCUT2D eigenvalue weighted by atomic mass is 9.63. The van der Waals surface area contributed by atoms with Crippen molar-refractivity contribution in [3.63, 3.8) is 0 Å². The quantitative estimate of drug-likeness (QED) is 0.848. The molecule has 2 heterocycles.